The molecule has 0 bridgehead atoms. The molecular formula is C16H24N2OS. The minimum atomic E-state index is 0.0302. The molecule has 110 valence electrons. The largest absolute Gasteiger partial charge is 0.318 e. The van der Waals surface area contributed by atoms with E-state index in [1.165, 1.54) is 30.6 Å². The molecule has 0 radical (unpaired) electrons. The van der Waals surface area contributed by atoms with Crippen LogP contribution in [0.25, 0.3) is 0 Å². The first-order valence-corrected chi connectivity index (χ1v) is 8.81. The van der Waals surface area contributed by atoms with Crippen LogP contribution in [-0.2, 0) is 4.79 Å². The van der Waals surface area contributed by atoms with Gasteiger partial charge in [-0.2, -0.15) is 0 Å². The van der Waals surface area contributed by atoms with Gasteiger partial charge in [0.05, 0.1) is 6.04 Å². The molecule has 20 heavy (non-hydrogen) atoms. The van der Waals surface area contributed by atoms with Gasteiger partial charge in [-0.1, -0.05) is 38.7 Å². The molecular weight excluding hydrogens is 268 g/mol. The Balaban J connectivity index is 1.80. The average molecular weight is 292 g/mol. The molecule has 2 fully saturated rings. The predicted molar refractivity (Wildman–Crippen MR) is 82.6 cm³/mol. The number of carbonyl (C=O) groups excluding carboxylic acids is 1. The van der Waals surface area contributed by atoms with E-state index in [1.807, 2.05) is 0 Å². The second-order valence-corrected chi connectivity index (χ2v) is 6.94. The van der Waals surface area contributed by atoms with E-state index in [-0.39, 0.29) is 12.2 Å². The van der Waals surface area contributed by atoms with Crippen LogP contribution in [0, 0.1) is 0 Å². The third-order valence-electron chi connectivity index (χ3n) is 4.57. The summed E-state index contributed by atoms with van der Waals surface area (Å²) in [5.74, 6) is 0.337. The Bertz CT molecular complexity index is 439. The molecule has 0 spiro atoms. The van der Waals surface area contributed by atoms with E-state index >= 15 is 0 Å². The molecule has 1 aromatic heterocycles. The lowest BCUT2D eigenvalue weighted by atomic mass is 10.1. The summed E-state index contributed by atoms with van der Waals surface area (Å²) >= 11 is 1.75. The zero-order valence-electron chi connectivity index (χ0n) is 12.2. The summed E-state index contributed by atoms with van der Waals surface area (Å²) in [4.78, 5) is 16.2. The second kappa shape index (κ2) is 6.27. The highest BCUT2D eigenvalue weighted by molar-refractivity contribution is 7.10. The van der Waals surface area contributed by atoms with Gasteiger partial charge in [0.15, 0.2) is 0 Å². The molecule has 4 heteroatoms. The van der Waals surface area contributed by atoms with Crippen molar-refractivity contribution in [3.63, 3.8) is 0 Å². The SMILES string of the molecule is CCCCC1NC(c2cccs2)N(C2CCCC2)C1=O. The molecule has 2 unspecified atom stereocenters. The van der Waals surface area contributed by atoms with Gasteiger partial charge in [-0.05, 0) is 30.7 Å². The highest BCUT2D eigenvalue weighted by atomic mass is 32.1. The normalized spacial score (nSPS) is 27.6. The molecule has 3 nitrogen and oxygen atoms in total. The maximum absolute atomic E-state index is 12.8. The highest BCUT2D eigenvalue weighted by Gasteiger charge is 2.43. The number of amides is 1. The van der Waals surface area contributed by atoms with Gasteiger partial charge in [0.2, 0.25) is 5.91 Å². The summed E-state index contributed by atoms with van der Waals surface area (Å²) in [5, 5.41) is 5.70. The minimum Gasteiger partial charge on any atom is -0.318 e. The van der Waals surface area contributed by atoms with E-state index in [2.05, 4.69) is 34.7 Å². The number of unbranched alkanes of at least 4 members (excludes halogenated alkanes) is 1. The Morgan fingerprint density at radius 1 is 1.40 bits per heavy atom. The quantitative estimate of drug-likeness (QED) is 0.898. The first-order chi connectivity index (χ1) is 9.81. The summed E-state index contributed by atoms with van der Waals surface area (Å²) in [5.41, 5.74) is 0. The molecule has 1 saturated carbocycles. The molecule has 1 N–H and O–H groups in total. The number of hydrogen-bond acceptors (Lipinski definition) is 3. The maximum Gasteiger partial charge on any atom is 0.241 e. The molecule has 1 saturated heterocycles. The number of hydrogen-bond donors (Lipinski definition) is 1. The number of nitrogens with one attached hydrogen (secondary N) is 1. The Hall–Kier alpha value is -0.870. The standard InChI is InChI=1S/C16H24N2OS/c1-2-3-9-13-16(19)18(12-7-4-5-8-12)15(17-13)14-10-6-11-20-14/h6,10-13,15,17H,2-5,7-9H2,1H3. The molecule has 2 atom stereocenters. The van der Waals surface area contributed by atoms with E-state index in [0.717, 1.165) is 19.3 Å². The molecule has 3 rings (SSSR count). The van der Waals surface area contributed by atoms with Gasteiger partial charge in [0.1, 0.15) is 6.17 Å². The molecule has 1 aromatic rings. The van der Waals surface area contributed by atoms with E-state index in [0.29, 0.717) is 11.9 Å². The molecule has 1 amide bonds. The van der Waals surface area contributed by atoms with Gasteiger partial charge in [-0.15, -0.1) is 11.3 Å². The van der Waals surface area contributed by atoms with Crippen LogP contribution in [0.5, 0.6) is 0 Å². The van der Waals surface area contributed by atoms with Crippen LogP contribution in [-0.4, -0.2) is 22.9 Å². The Kier molecular flexibility index (Phi) is 4.41. The number of carbonyl (C=O) groups is 1. The smallest absolute Gasteiger partial charge is 0.241 e. The third kappa shape index (κ3) is 2.63. The van der Waals surface area contributed by atoms with E-state index in [1.54, 1.807) is 11.3 Å². The highest BCUT2D eigenvalue weighted by Crippen LogP contribution is 2.36. The number of rotatable bonds is 5. The monoisotopic (exact) mass is 292 g/mol. The second-order valence-electron chi connectivity index (χ2n) is 5.96. The first-order valence-electron chi connectivity index (χ1n) is 7.93. The van der Waals surface area contributed by atoms with Gasteiger partial charge in [-0.25, -0.2) is 0 Å². The van der Waals surface area contributed by atoms with Crippen LogP contribution in [0.4, 0.5) is 0 Å². The van der Waals surface area contributed by atoms with Crippen molar-refractivity contribution in [1.82, 2.24) is 10.2 Å². The van der Waals surface area contributed by atoms with Crippen molar-refractivity contribution >= 4 is 17.2 Å². The van der Waals surface area contributed by atoms with Crippen molar-refractivity contribution in [2.45, 2.75) is 70.1 Å². The molecule has 1 aliphatic carbocycles. The predicted octanol–water partition coefficient (Wildman–Crippen LogP) is 3.68. The van der Waals surface area contributed by atoms with Crippen molar-refractivity contribution < 1.29 is 4.79 Å². The molecule has 2 aliphatic rings. The van der Waals surface area contributed by atoms with Crippen LogP contribution in [0.1, 0.15) is 62.9 Å². The zero-order valence-corrected chi connectivity index (χ0v) is 13.0. The van der Waals surface area contributed by atoms with Crippen molar-refractivity contribution in [2.75, 3.05) is 0 Å². The number of nitrogens with zero attached hydrogens (tertiary/aromatic N) is 1. The maximum atomic E-state index is 12.8. The molecule has 2 heterocycles. The van der Waals surface area contributed by atoms with Gasteiger partial charge >= 0.3 is 0 Å². The first kappa shape index (κ1) is 14.1. The number of thiophene rings is 1. The lowest BCUT2D eigenvalue weighted by molar-refractivity contribution is -0.132. The summed E-state index contributed by atoms with van der Waals surface area (Å²) in [6.45, 7) is 2.19. The minimum absolute atomic E-state index is 0.0302. The van der Waals surface area contributed by atoms with E-state index < -0.39 is 0 Å². The Labute approximate surface area is 125 Å². The van der Waals surface area contributed by atoms with Crippen LogP contribution in [0.3, 0.4) is 0 Å². The van der Waals surface area contributed by atoms with Crippen LogP contribution in [0.15, 0.2) is 17.5 Å². The van der Waals surface area contributed by atoms with Gasteiger partial charge in [-0.3, -0.25) is 10.1 Å². The van der Waals surface area contributed by atoms with Crippen LogP contribution in [0.2, 0.25) is 0 Å². The van der Waals surface area contributed by atoms with Crippen molar-refractivity contribution in [1.29, 1.82) is 0 Å². The zero-order chi connectivity index (χ0) is 13.9. The third-order valence-corrected chi connectivity index (χ3v) is 5.49. The average Bonchev–Trinajstić information content (AvgIpc) is 3.17. The fourth-order valence-electron chi connectivity index (χ4n) is 3.50. The Morgan fingerprint density at radius 2 is 2.20 bits per heavy atom. The topological polar surface area (TPSA) is 32.3 Å². The van der Waals surface area contributed by atoms with Crippen LogP contribution < -0.4 is 5.32 Å². The fourth-order valence-corrected chi connectivity index (χ4v) is 4.29. The van der Waals surface area contributed by atoms with Gasteiger partial charge < -0.3 is 4.90 Å². The lowest BCUT2D eigenvalue weighted by Crippen LogP contribution is -2.38. The van der Waals surface area contributed by atoms with E-state index in [9.17, 15) is 4.79 Å². The fraction of sp³-hybridized carbons (Fsp3) is 0.688. The van der Waals surface area contributed by atoms with Crippen molar-refractivity contribution in [3.8, 4) is 0 Å². The van der Waals surface area contributed by atoms with E-state index in [4.69, 9.17) is 0 Å². The summed E-state index contributed by atoms with van der Waals surface area (Å²) in [7, 11) is 0. The molecule has 0 aromatic carbocycles. The summed E-state index contributed by atoms with van der Waals surface area (Å²) < 4.78 is 0. The summed E-state index contributed by atoms with van der Waals surface area (Å²) in [6, 6.07) is 4.72. The summed E-state index contributed by atoms with van der Waals surface area (Å²) in [6.07, 6.45) is 8.26. The lowest BCUT2D eigenvalue weighted by Gasteiger charge is -2.29. The molecule has 1 aliphatic heterocycles. The van der Waals surface area contributed by atoms with Crippen molar-refractivity contribution in [3.05, 3.63) is 22.4 Å². The van der Waals surface area contributed by atoms with Crippen molar-refractivity contribution in [2.24, 2.45) is 0 Å². The van der Waals surface area contributed by atoms with Gasteiger partial charge in [0.25, 0.3) is 0 Å². The Morgan fingerprint density at radius 3 is 2.85 bits per heavy atom. The van der Waals surface area contributed by atoms with Crippen LogP contribution >= 0.6 is 11.3 Å². The van der Waals surface area contributed by atoms with Gasteiger partial charge in [0, 0.05) is 10.9 Å².